The molecule has 5 heteroatoms. The molecule has 0 aliphatic heterocycles. The van der Waals surface area contributed by atoms with Crippen LogP contribution in [-0.2, 0) is 7.05 Å². The van der Waals surface area contributed by atoms with Crippen LogP contribution in [0.15, 0.2) is 42.7 Å². The Bertz CT molecular complexity index is 1030. The number of aromatic nitrogens is 4. The molecule has 2 heterocycles. The summed E-state index contributed by atoms with van der Waals surface area (Å²) in [5.74, 6) is 1.79. The summed E-state index contributed by atoms with van der Waals surface area (Å²) in [6.45, 7) is 4.08. The van der Waals surface area contributed by atoms with Gasteiger partial charge in [-0.3, -0.25) is 0 Å². The number of anilines is 2. The van der Waals surface area contributed by atoms with Crippen molar-refractivity contribution in [1.29, 1.82) is 0 Å². The molecule has 0 amide bonds. The minimum atomic E-state index is 0.807. The number of fused-ring (bicyclic) bond motifs is 2. The summed E-state index contributed by atoms with van der Waals surface area (Å²) in [4.78, 5) is 13.4. The van der Waals surface area contributed by atoms with Crippen LogP contribution in [-0.4, -0.2) is 19.5 Å². The van der Waals surface area contributed by atoms with E-state index < -0.39 is 0 Å². The second kappa shape index (κ2) is 5.05. The first kappa shape index (κ1) is 13.7. The maximum atomic E-state index is 4.57. The van der Waals surface area contributed by atoms with Crippen LogP contribution in [0.5, 0.6) is 0 Å². The number of imidazole rings is 1. The first-order valence-corrected chi connectivity index (χ1v) is 7.53. The summed E-state index contributed by atoms with van der Waals surface area (Å²) in [5.41, 5.74) is 5.15. The van der Waals surface area contributed by atoms with E-state index in [1.165, 1.54) is 5.56 Å². The Kier molecular flexibility index (Phi) is 3.01. The summed E-state index contributed by atoms with van der Waals surface area (Å²) in [6, 6.07) is 12.4. The highest BCUT2D eigenvalue weighted by Gasteiger charge is 2.10. The summed E-state index contributed by atoms with van der Waals surface area (Å²) < 4.78 is 2.08. The molecule has 2 aromatic carbocycles. The van der Waals surface area contributed by atoms with E-state index in [9.17, 15) is 0 Å². The predicted molar refractivity (Wildman–Crippen MR) is 93.0 cm³/mol. The van der Waals surface area contributed by atoms with Crippen molar-refractivity contribution in [3.05, 3.63) is 54.1 Å². The number of hydrogen-bond donors (Lipinski definition) is 1. The minimum absolute atomic E-state index is 0.807. The first-order valence-electron chi connectivity index (χ1n) is 7.53. The lowest BCUT2D eigenvalue weighted by Gasteiger charge is -2.09. The second-order valence-corrected chi connectivity index (χ2v) is 5.79. The summed E-state index contributed by atoms with van der Waals surface area (Å²) >= 11 is 0. The van der Waals surface area contributed by atoms with Gasteiger partial charge in [-0.25, -0.2) is 15.0 Å². The van der Waals surface area contributed by atoms with E-state index in [2.05, 4.69) is 50.0 Å². The fourth-order valence-electron chi connectivity index (χ4n) is 2.82. The zero-order valence-corrected chi connectivity index (χ0v) is 13.3. The standard InChI is InChI=1S/C18H17N5/c1-11-5-4-6-13(7-11)22-18-14-8-17-16(21-12(2)23(17)3)9-15(14)19-10-20-18/h4-10H,1-3H3,(H,19,20,22). The van der Waals surface area contributed by atoms with Gasteiger partial charge < -0.3 is 9.88 Å². The highest BCUT2D eigenvalue weighted by Crippen LogP contribution is 2.27. The fraction of sp³-hybridized carbons (Fsp3) is 0.167. The number of benzene rings is 2. The zero-order valence-electron chi connectivity index (χ0n) is 13.3. The van der Waals surface area contributed by atoms with Crippen molar-refractivity contribution >= 4 is 33.4 Å². The molecule has 0 saturated heterocycles. The van der Waals surface area contributed by atoms with Crippen LogP contribution in [0.2, 0.25) is 0 Å². The Morgan fingerprint density at radius 2 is 1.87 bits per heavy atom. The maximum absolute atomic E-state index is 4.57. The Hall–Kier alpha value is -2.95. The van der Waals surface area contributed by atoms with Crippen molar-refractivity contribution in [2.45, 2.75) is 13.8 Å². The van der Waals surface area contributed by atoms with Gasteiger partial charge in [-0.05, 0) is 43.7 Å². The molecule has 5 nitrogen and oxygen atoms in total. The average Bonchev–Trinajstić information content (AvgIpc) is 2.80. The molecule has 0 aliphatic carbocycles. The van der Waals surface area contributed by atoms with Gasteiger partial charge in [0.05, 0.1) is 16.6 Å². The molecule has 2 aromatic heterocycles. The lowest BCUT2D eigenvalue weighted by atomic mass is 10.2. The van der Waals surface area contributed by atoms with Crippen molar-refractivity contribution in [2.24, 2.45) is 7.05 Å². The number of hydrogen-bond acceptors (Lipinski definition) is 4. The maximum Gasteiger partial charge on any atom is 0.141 e. The van der Waals surface area contributed by atoms with Crippen LogP contribution in [0, 0.1) is 13.8 Å². The molecule has 114 valence electrons. The highest BCUT2D eigenvalue weighted by atomic mass is 15.1. The number of aryl methyl sites for hydroxylation is 3. The normalized spacial score (nSPS) is 11.3. The molecule has 23 heavy (non-hydrogen) atoms. The predicted octanol–water partition coefficient (Wildman–Crippen LogP) is 3.88. The van der Waals surface area contributed by atoms with Gasteiger partial charge in [-0.1, -0.05) is 12.1 Å². The molecule has 0 atom stereocenters. The molecule has 0 aliphatic rings. The largest absolute Gasteiger partial charge is 0.340 e. The van der Waals surface area contributed by atoms with Crippen molar-refractivity contribution in [1.82, 2.24) is 19.5 Å². The van der Waals surface area contributed by atoms with Gasteiger partial charge in [-0.15, -0.1) is 0 Å². The average molecular weight is 303 g/mol. The van der Waals surface area contributed by atoms with E-state index >= 15 is 0 Å². The summed E-state index contributed by atoms with van der Waals surface area (Å²) in [5, 5.41) is 4.39. The van der Waals surface area contributed by atoms with Gasteiger partial charge in [-0.2, -0.15) is 0 Å². The zero-order chi connectivity index (χ0) is 16.0. The van der Waals surface area contributed by atoms with Gasteiger partial charge in [0.1, 0.15) is 18.0 Å². The van der Waals surface area contributed by atoms with Gasteiger partial charge in [0.15, 0.2) is 0 Å². The van der Waals surface area contributed by atoms with Crippen LogP contribution in [0.3, 0.4) is 0 Å². The second-order valence-electron chi connectivity index (χ2n) is 5.79. The van der Waals surface area contributed by atoms with Crippen LogP contribution in [0.1, 0.15) is 11.4 Å². The van der Waals surface area contributed by atoms with Gasteiger partial charge in [0.25, 0.3) is 0 Å². The van der Waals surface area contributed by atoms with E-state index in [0.29, 0.717) is 0 Å². The molecule has 4 aromatic rings. The monoisotopic (exact) mass is 303 g/mol. The van der Waals surface area contributed by atoms with Gasteiger partial charge in [0, 0.05) is 18.1 Å². The van der Waals surface area contributed by atoms with Gasteiger partial charge in [0.2, 0.25) is 0 Å². The first-order chi connectivity index (χ1) is 11.1. The molecule has 0 spiro atoms. The Morgan fingerprint density at radius 3 is 2.70 bits per heavy atom. The lowest BCUT2D eigenvalue weighted by Crippen LogP contribution is -1.97. The molecular formula is C18H17N5. The molecule has 0 radical (unpaired) electrons. The Morgan fingerprint density at radius 1 is 1.00 bits per heavy atom. The van der Waals surface area contributed by atoms with E-state index in [1.54, 1.807) is 6.33 Å². The Balaban J connectivity index is 1.90. The minimum Gasteiger partial charge on any atom is -0.340 e. The van der Waals surface area contributed by atoms with E-state index in [0.717, 1.165) is 39.3 Å². The number of nitrogens with one attached hydrogen (secondary N) is 1. The quantitative estimate of drug-likeness (QED) is 0.610. The van der Waals surface area contributed by atoms with Crippen LogP contribution >= 0.6 is 0 Å². The van der Waals surface area contributed by atoms with E-state index in [1.807, 2.05) is 32.2 Å². The van der Waals surface area contributed by atoms with E-state index in [4.69, 9.17) is 0 Å². The lowest BCUT2D eigenvalue weighted by molar-refractivity contribution is 0.886. The SMILES string of the molecule is Cc1cccc(Nc2ncnc3cc4nc(C)n(C)c4cc23)c1. The molecular weight excluding hydrogens is 286 g/mol. The number of nitrogens with zero attached hydrogens (tertiary/aromatic N) is 4. The highest BCUT2D eigenvalue weighted by molar-refractivity contribution is 5.99. The van der Waals surface area contributed by atoms with Gasteiger partial charge >= 0.3 is 0 Å². The van der Waals surface area contributed by atoms with Crippen molar-refractivity contribution in [3.63, 3.8) is 0 Å². The molecule has 1 N–H and O–H groups in total. The summed E-state index contributed by atoms with van der Waals surface area (Å²) in [6.07, 6.45) is 1.59. The van der Waals surface area contributed by atoms with Crippen LogP contribution in [0.4, 0.5) is 11.5 Å². The van der Waals surface area contributed by atoms with E-state index in [-0.39, 0.29) is 0 Å². The molecule has 0 fully saturated rings. The topological polar surface area (TPSA) is 55.6 Å². The molecule has 0 saturated carbocycles. The molecule has 0 bridgehead atoms. The number of rotatable bonds is 2. The fourth-order valence-corrected chi connectivity index (χ4v) is 2.82. The Labute approximate surface area is 134 Å². The third-order valence-electron chi connectivity index (χ3n) is 4.14. The van der Waals surface area contributed by atoms with Crippen LogP contribution < -0.4 is 5.32 Å². The smallest absolute Gasteiger partial charge is 0.141 e. The summed E-state index contributed by atoms with van der Waals surface area (Å²) in [7, 11) is 2.02. The van der Waals surface area contributed by atoms with Crippen molar-refractivity contribution in [3.8, 4) is 0 Å². The molecule has 0 unspecified atom stereocenters. The molecule has 4 rings (SSSR count). The third-order valence-corrected chi connectivity index (χ3v) is 4.14. The van der Waals surface area contributed by atoms with Crippen LogP contribution in [0.25, 0.3) is 21.9 Å². The van der Waals surface area contributed by atoms with Crippen molar-refractivity contribution in [2.75, 3.05) is 5.32 Å². The third kappa shape index (κ3) is 2.30. The van der Waals surface area contributed by atoms with Crippen molar-refractivity contribution < 1.29 is 0 Å².